The van der Waals surface area contributed by atoms with Gasteiger partial charge in [0.15, 0.2) is 5.65 Å². The number of halogens is 1. The van der Waals surface area contributed by atoms with Crippen LogP contribution in [0.2, 0.25) is 0 Å². The zero-order chi connectivity index (χ0) is 23.8. The molecule has 0 bridgehead atoms. The Bertz CT molecular complexity index is 1290. The van der Waals surface area contributed by atoms with E-state index in [0.717, 1.165) is 46.6 Å². The lowest BCUT2D eigenvalue weighted by molar-refractivity contribution is 0.117. The number of ether oxygens (including phenoxy) is 1. The fourth-order valence-electron chi connectivity index (χ4n) is 4.18. The van der Waals surface area contributed by atoms with Gasteiger partial charge in [0.2, 0.25) is 0 Å². The first kappa shape index (κ1) is 22.9. The lowest BCUT2D eigenvalue weighted by atomic mass is 9.96. The van der Waals surface area contributed by atoms with Crippen LogP contribution >= 0.6 is 15.9 Å². The second-order valence-electron chi connectivity index (χ2n) is 9.27. The van der Waals surface area contributed by atoms with Gasteiger partial charge >= 0.3 is 0 Å². The number of aromatic hydroxyl groups is 1. The van der Waals surface area contributed by atoms with Gasteiger partial charge in [-0.15, -0.1) is 10.2 Å². The molecule has 0 spiro atoms. The van der Waals surface area contributed by atoms with Gasteiger partial charge in [0.05, 0.1) is 5.69 Å². The molecular formula is C25H28BrN5O3. The number of fused-ring (bicyclic) bond motifs is 1. The first-order chi connectivity index (χ1) is 16.4. The van der Waals surface area contributed by atoms with Crippen molar-refractivity contribution in [1.29, 1.82) is 0 Å². The Morgan fingerprint density at radius 3 is 2.76 bits per heavy atom. The number of phenolic OH excluding ortho intramolecular Hbond substituents is 1. The van der Waals surface area contributed by atoms with Crippen molar-refractivity contribution in [3.63, 3.8) is 0 Å². The molecule has 1 fully saturated rings. The summed E-state index contributed by atoms with van der Waals surface area (Å²) >= 11 is 3.76. The van der Waals surface area contributed by atoms with Gasteiger partial charge in [-0.2, -0.15) is 0 Å². The minimum absolute atomic E-state index is 0.191. The van der Waals surface area contributed by atoms with Gasteiger partial charge in [0.1, 0.15) is 18.1 Å². The molecule has 8 nitrogen and oxygen atoms in total. The molecule has 34 heavy (non-hydrogen) atoms. The summed E-state index contributed by atoms with van der Waals surface area (Å²) in [5.41, 5.74) is 3.17. The Kier molecular flexibility index (Phi) is 6.31. The smallest absolute Gasteiger partial charge is 0.254 e. The van der Waals surface area contributed by atoms with Gasteiger partial charge in [0.25, 0.3) is 5.88 Å². The molecule has 1 aliphatic heterocycles. The van der Waals surface area contributed by atoms with Crippen LogP contribution in [0.4, 0.5) is 0 Å². The molecule has 9 heteroatoms. The van der Waals surface area contributed by atoms with Crippen molar-refractivity contribution in [3.8, 4) is 22.9 Å². The van der Waals surface area contributed by atoms with Crippen LogP contribution < -0.4 is 4.74 Å². The van der Waals surface area contributed by atoms with Crippen molar-refractivity contribution in [2.24, 2.45) is 5.92 Å². The highest BCUT2D eigenvalue weighted by Gasteiger charge is 2.31. The molecule has 0 aliphatic carbocycles. The lowest BCUT2D eigenvalue weighted by Crippen LogP contribution is -2.46. The van der Waals surface area contributed by atoms with E-state index in [1.807, 2.05) is 24.3 Å². The zero-order valence-corrected chi connectivity index (χ0v) is 21.0. The predicted octanol–water partition coefficient (Wildman–Crippen LogP) is 5.32. The summed E-state index contributed by atoms with van der Waals surface area (Å²) < 4.78 is 12.2. The van der Waals surface area contributed by atoms with E-state index < -0.39 is 0 Å². The molecule has 1 aliphatic rings. The Morgan fingerprint density at radius 2 is 2.00 bits per heavy atom. The van der Waals surface area contributed by atoms with Gasteiger partial charge in [-0.1, -0.05) is 32.9 Å². The highest BCUT2D eigenvalue weighted by Crippen LogP contribution is 2.37. The van der Waals surface area contributed by atoms with Crippen LogP contribution in [0.5, 0.6) is 11.6 Å². The fraction of sp³-hybridized carbons (Fsp3) is 0.400. The molecular weight excluding hydrogens is 498 g/mol. The third kappa shape index (κ3) is 4.42. The maximum atomic E-state index is 10.2. The molecule has 0 unspecified atom stereocenters. The van der Waals surface area contributed by atoms with Gasteiger partial charge < -0.3 is 19.4 Å². The predicted molar refractivity (Wildman–Crippen MR) is 133 cm³/mol. The number of hydrogen-bond acceptors (Lipinski definition) is 7. The normalized spacial score (nSPS) is 15.7. The fourth-order valence-corrected chi connectivity index (χ4v) is 4.90. The zero-order valence-electron chi connectivity index (χ0n) is 19.5. The minimum Gasteiger partial charge on any atom is -0.507 e. The number of phenols is 1. The van der Waals surface area contributed by atoms with Crippen LogP contribution in [-0.4, -0.2) is 56.6 Å². The summed E-state index contributed by atoms with van der Waals surface area (Å²) in [7, 11) is 0. The average Bonchev–Trinajstić information content (AvgIpc) is 3.39. The number of likely N-dealkylation sites (tertiary alicyclic amines) is 1. The van der Waals surface area contributed by atoms with Crippen molar-refractivity contribution in [2.45, 2.75) is 32.6 Å². The molecule has 1 aromatic carbocycles. The molecule has 1 atom stereocenters. The van der Waals surface area contributed by atoms with Crippen LogP contribution in [0.3, 0.4) is 0 Å². The van der Waals surface area contributed by atoms with E-state index in [1.54, 1.807) is 12.1 Å². The number of benzene rings is 1. The molecule has 4 heterocycles. The highest BCUT2D eigenvalue weighted by molar-refractivity contribution is 9.10. The number of rotatable bonds is 8. The monoisotopic (exact) mass is 525 g/mol. The van der Waals surface area contributed by atoms with Gasteiger partial charge in [-0.3, -0.25) is 4.90 Å². The summed E-state index contributed by atoms with van der Waals surface area (Å²) in [5.74, 6) is 2.79. The van der Waals surface area contributed by atoms with Gasteiger partial charge in [0, 0.05) is 58.7 Å². The van der Waals surface area contributed by atoms with E-state index >= 15 is 0 Å². The van der Waals surface area contributed by atoms with Crippen molar-refractivity contribution in [3.05, 3.63) is 52.3 Å². The van der Waals surface area contributed by atoms with Gasteiger partial charge in [-0.25, -0.2) is 0 Å². The van der Waals surface area contributed by atoms with E-state index in [-0.39, 0.29) is 5.75 Å². The standard InChI is InChI=1S/C25H28BrN5O3/c1-14(2)15(3)21-11-22(30-34-21)33-9-8-31-12-16(13-31)24-23(26)18-10-19(28-29-25(18)27-24)17-6-4-5-7-20(17)32/h4-7,10-11,14-16,32H,8-9,12-13H2,1-3H3,(H,27,29)/t15-/m1/s1. The molecule has 178 valence electrons. The number of aromatic amines is 1. The number of nitrogens with zero attached hydrogens (tertiary/aromatic N) is 4. The maximum absolute atomic E-state index is 10.2. The Balaban J connectivity index is 1.18. The molecule has 0 radical (unpaired) electrons. The second kappa shape index (κ2) is 9.38. The largest absolute Gasteiger partial charge is 0.507 e. The topological polar surface area (TPSA) is 100 Å². The average molecular weight is 526 g/mol. The summed E-state index contributed by atoms with van der Waals surface area (Å²) in [4.78, 5) is 5.77. The number of aromatic nitrogens is 4. The quantitative estimate of drug-likeness (QED) is 0.321. The van der Waals surface area contributed by atoms with E-state index in [4.69, 9.17) is 9.26 Å². The highest BCUT2D eigenvalue weighted by atomic mass is 79.9. The van der Waals surface area contributed by atoms with E-state index in [2.05, 4.69) is 61.9 Å². The van der Waals surface area contributed by atoms with Crippen LogP contribution in [-0.2, 0) is 0 Å². The van der Waals surface area contributed by atoms with Crippen molar-refractivity contribution in [1.82, 2.24) is 25.2 Å². The summed E-state index contributed by atoms with van der Waals surface area (Å²) in [6, 6.07) is 11.0. The number of nitrogens with one attached hydrogen (secondary N) is 1. The Morgan fingerprint density at radius 1 is 1.21 bits per heavy atom. The molecule has 3 aromatic heterocycles. The lowest BCUT2D eigenvalue weighted by Gasteiger charge is -2.38. The van der Waals surface area contributed by atoms with E-state index in [1.165, 1.54) is 0 Å². The van der Waals surface area contributed by atoms with Crippen molar-refractivity contribution >= 4 is 27.0 Å². The van der Waals surface area contributed by atoms with E-state index in [9.17, 15) is 5.11 Å². The van der Waals surface area contributed by atoms with Crippen LogP contribution in [0.1, 0.15) is 44.1 Å². The first-order valence-electron chi connectivity index (χ1n) is 11.6. The molecule has 0 amide bonds. The molecule has 2 N–H and O–H groups in total. The SMILES string of the molecule is CC(C)[C@@H](C)c1cc(OCCN2CC(c3[nH]c4nnc(-c5ccccc5O)cc4c3Br)C2)no1. The summed E-state index contributed by atoms with van der Waals surface area (Å²) in [5, 5.41) is 23.8. The maximum Gasteiger partial charge on any atom is 0.254 e. The first-order valence-corrected chi connectivity index (χ1v) is 12.3. The summed E-state index contributed by atoms with van der Waals surface area (Å²) in [6.45, 7) is 9.73. The second-order valence-corrected chi connectivity index (χ2v) is 10.1. The number of para-hydroxylation sites is 1. The Labute approximate surface area is 206 Å². The summed E-state index contributed by atoms with van der Waals surface area (Å²) in [6.07, 6.45) is 0. The number of hydrogen-bond donors (Lipinski definition) is 2. The third-order valence-electron chi connectivity index (χ3n) is 6.68. The molecule has 4 aromatic rings. The molecule has 0 saturated carbocycles. The van der Waals surface area contributed by atoms with Crippen LogP contribution in [0.25, 0.3) is 22.3 Å². The van der Waals surface area contributed by atoms with Crippen molar-refractivity contribution < 1.29 is 14.4 Å². The van der Waals surface area contributed by atoms with Gasteiger partial charge in [-0.05, 0) is 45.2 Å². The van der Waals surface area contributed by atoms with Crippen molar-refractivity contribution in [2.75, 3.05) is 26.2 Å². The Hall–Kier alpha value is -2.91. The third-order valence-corrected chi connectivity index (χ3v) is 7.53. The minimum atomic E-state index is 0.191. The van der Waals surface area contributed by atoms with Crippen LogP contribution in [0.15, 0.2) is 45.4 Å². The van der Waals surface area contributed by atoms with E-state index in [0.29, 0.717) is 41.5 Å². The molecule has 1 saturated heterocycles. The molecule has 5 rings (SSSR count). The number of H-pyrrole nitrogens is 1. The van der Waals surface area contributed by atoms with Crippen LogP contribution in [0, 0.1) is 5.92 Å².